The Balaban J connectivity index is 1.42. The molecule has 3 aliphatic rings. The van der Waals surface area contributed by atoms with Gasteiger partial charge >= 0.3 is 30.4 Å². The topological polar surface area (TPSA) is 116 Å². The molecule has 1 heterocycles. The fourth-order valence-electron chi connectivity index (χ4n) is 6.02. The molecular weight excluding hydrogens is 668 g/mol. The van der Waals surface area contributed by atoms with Gasteiger partial charge in [0.05, 0.1) is 23.6 Å². The van der Waals surface area contributed by atoms with E-state index in [4.69, 9.17) is 14.2 Å². The standard InChI is InChI=1S/C32H31F6N3O6S/c1-29(2,3)47-28(44)41-30(26(43)46-16-18-7-5-9-20(13-18)32(36,37)38)14-21(48-27-39-10-11-40-27)22-23(24(22)30)25(42)45-15-17-6-4-8-19(12-17)31(33,34)35/h4-10,12-13,21-24H,11,14-16H2,1-3H3,(H,41,44)/t21-,22-,23-,24-,30-/m0/s1. The van der Waals surface area contributed by atoms with Crippen LogP contribution >= 0.6 is 11.8 Å². The van der Waals surface area contributed by atoms with Crippen molar-refractivity contribution in [2.75, 3.05) is 6.54 Å². The van der Waals surface area contributed by atoms with Crippen molar-refractivity contribution in [2.24, 2.45) is 27.7 Å². The number of nitrogens with zero attached hydrogens (tertiary/aromatic N) is 2. The van der Waals surface area contributed by atoms with Crippen molar-refractivity contribution in [1.82, 2.24) is 5.32 Å². The Labute approximate surface area is 275 Å². The van der Waals surface area contributed by atoms with Crippen LogP contribution in [-0.4, -0.2) is 52.3 Å². The molecule has 16 heteroatoms. The third kappa shape index (κ3) is 7.96. The van der Waals surface area contributed by atoms with Gasteiger partial charge in [0.15, 0.2) is 5.17 Å². The van der Waals surface area contributed by atoms with E-state index in [1.165, 1.54) is 36.0 Å². The molecule has 0 unspecified atom stereocenters. The van der Waals surface area contributed by atoms with Gasteiger partial charge in [-0.15, -0.1) is 0 Å². The first-order valence-electron chi connectivity index (χ1n) is 14.8. The Morgan fingerprint density at radius 1 is 0.917 bits per heavy atom. The number of nitrogens with one attached hydrogen (secondary N) is 1. The predicted octanol–water partition coefficient (Wildman–Crippen LogP) is 6.58. The number of aliphatic imine (C=N–C) groups is 2. The summed E-state index contributed by atoms with van der Waals surface area (Å²) in [7, 11) is 0. The summed E-state index contributed by atoms with van der Waals surface area (Å²) >= 11 is 1.18. The lowest BCUT2D eigenvalue weighted by Crippen LogP contribution is -2.58. The number of rotatable bonds is 8. The third-order valence-corrected chi connectivity index (χ3v) is 9.21. The lowest BCUT2D eigenvalue weighted by molar-refractivity contribution is -0.155. The Morgan fingerprint density at radius 2 is 1.50 bits per heavy atom. The molecule has 48 heavy (non-hydrogen) atoms. The lowest BCUT2D eigenvalue weighted by atomic mass is 9.90. The van der Waals surface area contributed by atoms with Crippen molar-refractivity contribution >= 4 is 41.2 Å². The van der Waals surface area contributed by atoms with Gasteiger partial charge in [-0.25, -0.2) is 14.6 Å². The molecule has 0 saturated heterocycles. The van der Waals surface area contributed by atoms with Crippen LogP contribution in [0.3, 0.4) is 0 Å². The minimum atomic E-state index is -4.64. The molecular formula is C32H31F6N3O6S. The summed E-state index contributed by atoms with van der Waals surface area (Å²) in [5.74, 6) is -4.31. The van der Waals surface area contributed by atoms with Crippen molar-refractivity contribution in [3.8, 4) is 0 Å². The summed E-state index contributed by atoms with van der Waals surface area (Å²) in [5, 5.41) is 2.46. The minimum absolute atomic E-state index is 0.0357. The molecule has 0 aromatic heterocycles. The summed E-state index contributed by atoms with van der Waals surface area (Å²) in [4.78, 5) is 49.1. The second-order valence-corrected chi connectivity index (χ2v) is 13.8. The number of hydrogen-bond donors (Lipinski definition) is 1. The quantitative estimate of drug-likeness (QED) is 0.188. The molecule has 0 radical (unpaired) electrons. The van der Waals surface area contributed by atoms with Gasteiger partial charge in [0, 0.05) is 17.4 Å². The molecule has 9 nitrogen and oxygen atoms in total. The number of amidine groups is 1. The van der Waals surface area contributed by atoms with Crippen molar-refractivity contribution in [3.63, 3.8) is 0 Å². The number of esters is 2. The van der Waals surface area contributed by atoms with Crippen LogP contribution in [0.4, 0.5) is 31.1 Å². The minimum Gasteiger partial charge on any atom is -0.461 e. The highest BCUT2D eigenvalue weighted by Gasteiger charge is 2.76. The first-order chi connectivity index (χ1) is 22.4. The van der Waals surface area contributed by atoms with E-state index in [0.29, 0.717) is 11.7 Å². The molecule has 2 aromatic rings. The summed E-state index contributed by atoms with van der Waals surface area (Å²) in [5.41, 5.74) is -4.61. The summed E-state index contributed by atoms with van der Waals surface area (Å²) < 4.78 is 95.9. The van der Waals surface area contributed by atoms with Gasteiger partial charge in [-0.1, -0.05) is 36.0 Å². The molecule has 2 aromatic carbocycles. The molecule has 258 valence electrons. The van der Waals surface area contributed by atoms with Crippen LogP contribution in [0.2, 0.25) is 0 Å². The number of hydrogen-bond acceptors (Lipinski definition) is 9. The van der Waals surface area contributed by atoms with Crippen molar-refractivity contribution in [2.45, 2.75) is 69.1 Å². The molecule has 2 fully saturated rings. The smallest absolute Gasteiger partial charge is 0.416 e. The van der Waals surface area contributed by atoms with Crippen molar-refractivity contribution in [3.05, 3.63) is 70.8 Å². The maximum Gasteiger partial charge on any atom is 0.416 e. The number of fused-ring (bicyclic) bond motifs is 1. The molecule has 1 aliphatic heterocycles. The number of thioether (sulfide) groups is 1. The molecule has 5 atom stereocenters. The van der Waals surface area contributed by atoms with Crippen LogP contribution in [0, 0.1) is 17.8 Å². The summed E-state index contributed by atoms with van der Waals surface area (Å²) in [6.07, 6.45) is -8.74. The van der Waals surface area contributed by atoms with Crippen LogP contribution in [0.5, 0.6) is 0 Å². The summed E-state index contributed by atoms with van der Waals surface area (Å²) in [6, 6.07) is 8.50. The molecule has 2 aliphatic carbocycles. The van der Waals surface area contributed by atoms with E-state index in [1.54, 1.807) is 27.0 Å². The van der Waals surface area contributed by atoms with E-state index < -0.39 is 88.9 Å². The van der Waals surface area contributed by atoms with Gasteiger partial charge in [-0.3, -0.25) is 9.79 Å². The van der Waals surface area contributed by atoms with Gasteiger partial charge in [-0.05, 0) is 68.5 Å². The van der Waals surface area contributed by atoms with E-state index >= 15 is 0 Å². The maximum atomic E-state index is 14.0. The van der Waals surface area contributed by atoms with E-state index in [1.807, 2.05) is 0 Å². The van der Waals surface area contributed by atoms with E-state index in [0.717, 1.165) is 24.3 Å². The number of halogens is 6. The number of carbonyl (C=O) groups excluding carboxylic acids is 3. The Bertz CT molecular complexity index is 1640. The number of carbonyl (C=O) groups is 3. The average molecular weight is 700 g/mol. The highest BCUT2D eigenvalue weighted by atomic mass is 32.2. The van der Waals surface area contributed by atoms with Crippen LogP contribution < -0.4 is 5.32 Å². The zero-order valence-electron chi connectivity index (χ0n) is 25.9. The van der Waals surface area contributed by atoms with Gasteiger partial charge < -0.3 is 19.5 Å². The molecule has 2 saturated carbocycles. The van der Waals surface area contributed by atoms with Crippen LogP contribution in [0.25, 0.3) is 0 Å². The van der Waals surface area contributed by atoms with E-state index in [-0.39, 0.29) is 17.5 Å². The zero-order chi connectivity index (χ0) is 35.1. The summed E-state index contributed by atoms with van der Waals surface area (Å²) in [6.45, 7) is 4.07. The fraction of sp³-hybridized carbons (Fsp3) is 0.469. The average Bonchev–Trinajstić information content (AvgIpc) is 3.38. The number of alkyl carbamates (subject to hydrolysis) is 1. The Hall–Kier alpha value is -4.08. The number of amides is 1. The highest BCUT2D eigenvalue weighted by molar-refractivity contribution is 8.14. The highest BCUT2D eigenvalue weighted by Crippen LogP contribution is 2.66. The van der Waals surface area contributed by atoms with Crippen LogP contribution in [0.1, 0.15) is 49.4 Å². The van der Waals surface area contributed by atoms with Crippen LogP contribution in [-0.2, 0) is 49.4 Å². The molecule has 5 rings (SSSR count). The van der Waals surface area contributed by atoms with Gasteiger partial charge in [0.2, 0.25) is 0 Å². The normalized spacial score (nSPS) is 24.8. The van der Waals surface area contributed by atoms with Crippen molar-refractivity contribution in [1.29, 1.82) is 0 Å². The molecule has 0 bridgehead atoms. The maximum absolute atomic E-state index is 14.0. The first-order valence-corrected chi connectivity index (χ1v) is 15.7. The van der Waals surface area contributed by atoms with Gasteiger partial charge in [0.25, 0.3) is 0 Å². The van der Waals surface area contributed by atoms with E-state index in [9.17, 15) is 40.7 Å². The lowest BCUT2D eigenvalue weighted by Gasteiger charge is -2.33. The largest absolute Gasteiger partial charge is 0.461 e. The predicted molar refractivity (Wildman–Crippen MR) is 162 cm³/mol. The molecule has 0 spiro atoms. The Kier molecular flexibility index (Phi) is 9.60. The SMILES string of the molecule is CC(C)(C)OC(=O)N[C@@]1(C(=O)OCc2cccc(C(F)(F)F)c2)C[C@H](SC2=NCC=N2)[C@H]2[C@H](C(=O)OCc3cccc(C(F)(F)F)c3)[C@H]21. The zero-order valence-corrected chi connectivity index (χ0v) is 26.7. The number of ether oxygens (including phenoxy) is 3. The van der Waals surface area contributed by atoms with Crippen molar-refractivity contribution < 1.29 is 54.9 Å². The van der Waals surface area contributed by atoms with Gasteiger partial charge in [0.1, 0.15) is 24.4 Å². The van der Waals surface area contributed by atoms with E-state index in [2.05, 4.69) is 15.3 Å². The number of benzene rings is 2. The molecule has 1 amide bonds. The Morgan fingerprint density at radius 3 is 2.02 bits per heavy atom. The van der Waals surface area contributed by atoms with Crippen LogP contribution in [0.15, 0.2) is 58.5 Å². The monoisotopic (exact) mass is 699 g/mol. The molecule has 1 N–H and O–H groups in total. The number of alkyl halides is 6. The van der Waals surface area contributed by atoms with Gasteiger partial charge in [-0.2, -0.15) is 26.3 Å². The fourth-order valence-corrected chi connectivity index (χ4v) is 7.42. The second-order valence-electron chi connectivity index (χ2n) is 12.6. The second kappa shape index (κ2) is 13.1. The third-order valence-electron chi connectivity index (χ3n) is 7.98. The first kappa shape index (κ1) is 35.2.